The quantitative estimate of drug-likeness (QED) is 0.859. The summed E-state index contributed by atoms with van der Waals surface area (Å²) in [5.74, 6) is 0. The van der Waals surface area contributed by atoms with Crippen LogP contribution in [0.15, 0.2) is 12.3 Å². The van der Waals surface area contributed by atoms with E-state index in [0.717, 1.165) is 31.2 Å². The second-order valence-corrected chi connectivity index (χ2v) is 5.52. The van der Waals surface area contributed by atoms with Crippen LogP contribution in [0.2, 0.25) is 0 Å². The van der Waals surface area contributed by atoms with E-state index in [-0.39, 0.29) is 0 Å². The topological polar surface area (TPSA) is 41.3 Å². The molecule has 4 nitrogen and oxygen atoms in total. The second kappa shape index (κ2) is 3.82. The molecule has 0 spiro atoms. The first kappa shape index (κ1) is 11.2. The molecule has 17 heavy (non-hydrogen) atoms. The molecule has 2 aliphatic rings. The number of rotatable bonds is 3. The van der Waals surface area contributed by atoms with Gasteiger partial charge in [0.2, 0.25) is 0 Å². The molecule has 2 atom stereocenters. The number of aryl methyl sites for hydroxylation is 1. The van der Waals surface area contributed by atoms with Gasteiger partial charge < -0.3 is 5.11 Å². The summed E-state index contributed by atoms with van der Waals surface area (Å²) in [5, 5.41) is 15.2. The van der Waals surface area contributed by atoms with Crippen molar-refractivity contribution in [3.05, 3.63) is 18.0 Å². The van der Waals surface area contributed by atoms with Crippen molar-refractivity contribution < 1.29 is 5.11 Å². The van der Waals surface area contributed by atoms with Gasteiger partial charge in [-0.3, -0.25) is 9.58 Å². The molecule has 2 unspecified atom stereocenters. The largest absolute Gasteiger partial charge is 0.382 e. The molecule has 1 aliphatic carbocycles. The van der Waals surface area contributed by atoms with Gasteiger partial charge in [-0.25, -0.2) is 0 Å². The molecule has 1 aromatic heterocycles. The average Bonchev–Trinajstić information content (AvgIpc) is 2.92. The summed E-state index contributed by atoms with van der Waals surface area (Å²) in [7, 11) is 0. The van der Waals surface area contributed by atoms with Crippen LogP contribution >= 0.6 is 0 Å². The summed E-state index contributed by atoms with van der Waals surface area (Å²) in [6.45, 7) is 5.88. The summed E-state index contributed by atoms with van der Waals surface area (Å²) in [5.41, 5.74) is 0.282. The maximum absolute atomic E-state index is 10.9. The van der Waals surface area contributed by atoms with Crippen molar-refractivity contribution in [1.82, 2.24) is 14.7 Å². The fourth-order valence-electron chi connectivity index (χ4n) is 3.19. The highest BCUT2D eigenvalue weighted by Gasteiger charge is 2.48. The van der Waals surface area contributed by atoms with E-state index < -0.39 is 5.60 Å². The van der Waals surface area contributed by atoms with Gasteiger partial charge in [-0.2, -0.15) is 5.10 Å². The Morgan fingerprint density at radius 1 is 1.53 bits per heavy atom. The highest BCUT2D eigenvalue weighted by Crippen LogP contribution is 2.41. The fraction of sp³-hybridized carbons (Fsp3) is 0.769. The third-order valence-corrected chi connectivity index (χ3v) is 4.15. The van der Waals surface area contributed by atoms with Crippen LogP contribution in [-0.2, 0) is 12.1 Å². The molecule has 3 rings (SSSR count). The smallest absolute Gasteiger partial charge is 0.120 e. The van der Waals surface area contributed by atoms with Gasteiger partial charge in [0.25, 0.3) is 0 Å². The lowest BCUT2D eigenvalue weighted by atomic mass is 9.96. The molecule has 2 fully saturated rings. The highest BCUT2D eigenvalue weighted by atomic mass is 16.3. The Morgan fingerprint density at radius 2 is 2.29 bits per heavy atom. The molecular formula is C13H21N3O. The molecule has 2 heterocycles. The monoisotopic (exact) mass is 235 g/mol. The Balaban J connectivity index is 1.87. The number of hydrogen-bond donors (Lipinski definition) is 1. The van der Waals surface area contributed by atoms with Crippen LogP contribution < -0.4 is 0 Å². The lowest BCUT2D eigenvalue weighted by Gasteiger charge is -2.24. The molecule has 1 saturated carbocycles. The zero-order valence-corrected chi connectivity index (χ0v) is 10.6. The van der Waals surface area contributed by atoms with E-state index in [1.54, 1.807) is 6.20 Å². The van der Waals surface area contributed by atoms with Crippen LogP contribution in [0, 0.1) is 0 Å². The predicted octanol–water partition coefficient (Wildman–Crippen LogP) is 1.35. The van der Waals surface area contributed by atoms with Crippen molar-refractivity contribution >= 4 is 0 Å². The van der Waals surface area contributed by atoms with E-state index >= 15 is 0 Å². The van der Waals surface area contributed by atoms with Crippen LogP contribution in [0.5, 0.6) is 0 Å². The molecule has 1 saturated heterocycles. The summed E-state index contributed by atoms with van der Waals surface area (Å²) in [6.07, 6.45) is 5.22. The highest BCUT2D eigenvalue weighted by molar-refractivity contribution is 5.17. The third kappa shape index (κ3) is 1.79. The summed E-state index contributed by atoms with van der Waals surface area (Å²) in [4.78, 5) is 2.47. The Labute approximate surface area is 102 Å². The second-order valence-electron chi connectivity index (χ2n) is 5.52. The zero-order chi connectivity index (χ0) is 12.0. The average molecular weight is 235 g/mol. The lowest BCUT2D eigenvalue weighted by molar-refractivity contribution is 0.0362. The molecule has 0 amide bonds. The number of aromatic nitrogens is 2. The molecule has 94 valence electrons. The SMILES string of the molecule is CCn1nccc1C1(O)CC(C)N(C2CC2)C1. The first-order valence-electron chi connectivity index (χ1n) is 6.64. The van der Waals surface area contributed by atoms with Gasteiger partial charge in [0.05, 0.1) is 5.69 Å². The van der Waals surface area contributed by atoms with Crippen molar-refractivity contribution in [3.8, 4) is 0 Å². The standard InChI is InChI=1S/C13H21N3O/c1-3-16-12(6-7-14-16)13(17)8-10(2)15(9-13)11-4-5-11/h6-7,10-11,17H,3-5,8-9H2,1-2H3. The van der Waals surface area contributed by atoms with Crippen LogP contribution in [0.3, 0.4) is 0 Å². The van der Waals surface area contributed by atoms with Crippen molar-refractivity contribution in [2.75, 3.05) is 6.54 Å². The first-order valence-corrected chi connectivity index (χ1v) is 6.64. The normalized spacial score (nSPS) is 34.4. The minimum Gasteiger partial charge on any atom is -0.382 e. The number of likely N-dealkylation sites (tertiary alicyclic amines) is 1. The van der Waals surface area contributed by atoms with Crippen LogP contribution in [0.25, 0.3) is 0 Å². The number of hydrogen-bond acceptors (Lipinski definition) is 3. The van der Waals surface area contributed by atoms with E-state index in [9.17, 15) is 5.11 Å². The zero-order valence-electron chi connectivity index (χ0n) is 10.6. The molecule has 1 aromatic rings. The van der Waals surface area contributed by atoms with Crippen molar-refractivity contribution in [2.45, 2.75) is 57.3 Å². The van der Waals surface area contributed by atoms with E-state index in [0.29, 0.717) is 6.04 Å². The molecule has 4 heteroatoms. The molecule has 1 aliphatic heterocycles. The van der Waals surface area contributed by atoms with Gasteiger partial charge in [-0.1, -0.05) is 0 Å². The lowest BCUT2D eigenvalue weighted by Crippen LogP contribution is -2.34. The van der Waals surface area contributed by atoms with Gasteiger partial charge in [0.1, 0.15) is 5.60 Å². The maximum atomic E-state index is 10.9. The summed E-state index contributed by atoms with van der Waals surface area (Å²) < 4.78 is 1.92. The minimum atomic E-state index is -0.700. The van der Waals surface area contributed by atoms with E-state index in [2.05, 4.69) is 23.8 Å². The van der Waals surface area contributed by atoms with Gasteiger partial charge in [0, 0.05) is 31.4 Å². The Morgan fingerprint density at radius 3 is 2.94 bits per heavy atom. The minimum absolute atomic E-state index is 0.479. The summed E-state index contributed by atoms with van der Waals surface area (Å²) >= 11 is 0. The van der Waals surface area contributed by atoms with E-state index in [1.807, 2.05) is 10.7 Å². The molecule has 0 bridgehead atoms. The van der Waals surface area contributed by atoms with Gasteiger partial charge in [0.15, 0.2) is 0 Å². The van der Waals surface area contributed by atoms with Crippen LogP contribution in [0.1, 0.15) is 38.8 Å². The number of aliphatic hydroxyl groups is 1. The Bertz CT molecular complexity index is 413. The predicted molar refractivity (Wildman–Crippen MR) is 65.6 cm³/mol. The maximum Gasteiger partial charge on any atom is 0.120 e. The van der Waals surface area contributed by atoms with Gasteiger partial charge in [-0.15, -0.1) is 0 Å². The van der Waals surface area contributed by atoms with Crippen LogP contribution in [-0.4, -0.2) is 38.4 Å². The molecule has 1 N–H and O–H groups in total. The van der Waals surface area contributed by atoms with Crippen molar-refractivity contribution in [2.24, 2.45) is 0 Å². The molecular weight excluding hydrogens is 214 g/mol. The van der Waals surface area contributed by atoms with Gasteiger partial charge in [-0.05, 0) is 39.2 Å². The molecule has 0 aromatic carbocycles. The van der Waals surface area contributed by atoms with E-state index in [1.165, 1.54) is 12.8 Å². The first-order chi connectivity index (χ1) is 8.14. The van der Waals surface area contributed by atoms with E-state index in [4.69, 9.17) is 0 Å². The summed E-state index contributed by atoms with van der Waals surface area (Å²) in [6, 6.07) is 3.16. The van der Waals surface area contributed by atoms with Crippen LogP contribution in [0.4, 0.5) is 0 Å². The van der Waals surface area contributed by atoms with Crippen molar-refractivity contribution in [1.29, 1.82) is 0 Å². The third-order valence-electron chi connectivity index (χ3n) is 4.15. The van der Waals surface area contributed by atoms with Crippen molar-refractivity contribution in [3.63, 3.8) is 0 Å². The molecule has 0 radical (unpaired) electrons. The number of β-amino-alcohol motifs (C(OH)–C–C–N with tert-alkyl or cyclic N) is 1. The number of nitrogens with zero attached hydrogens (tertiary/aromatic N) is 3. The Kier molecular flexibility index (Phi) is 2.52. The Hall–Kier alpha value is -0.870. The van der Waals surface area contributed by atoms with Gasteiger partial charge >= 0.3 is 0 Å². The fourth-order valence-corrected chi connectivity index (χ4v) is 3.19.